The quantitative estimate of drug-likeness (QED) is 0.487. The topological polar surface area (TPSA) is 38.7 Å². The lowest BCUT2D eigenvalue weighted by Crippen LogP contribution is -2.18. The van der Waals surface area contributed by atoms with Crippen molar-refractivity contribution < 1.29 is 14.6 Å². The molecule has 72 valence electrons. The van der Waals surface area contributed by atoms with Crippen LogP contribution in [0.25, 0.3) is 0 Å². The summed E-state index contributed by atoms with van der Waals surface area (Å²) in [5.41, 5.74) is 1.23. The lowest BCUT2D eigenvalue weighted by molar-refractivity contribution is -0.0854. The van der Waals surface area contributed by atoms with E-state index in [0.717, 1.165) is 6.42 Å². The molecule has 0 aliphatic heterocycles. The zero-order chi connectivity index (χ0) is 9.40. The molecule has 0 aromatic carbocycles. The average Bonchev–Trinajstić information content (AvgIpc) is 2.05. The summed E-state index contributed by atoms with van der Waals surface area (Å²) in [6.07, 6.45) is 2.64. The summed E-state index contributed by atoms with van der Waals surface area (Å²) in [5, 5.41) is 8.86. The fourth-order valence-electron chi connectivity index (χ4n) is 0.727. The lowest BCUT2D eigenvalue weighted by Gasteiger charge is -2.12. The lowest BCUT2D eigenvalue weighted by atomic mass is 10.2. The van der Waals surface area contributed by atoms with Gasteiger partial charge in [-0.1, -0.05) is 11.6 Å². The number of hydrogen-bond donors (Lipinski definition) is 1. The molecule has 0 heterocycles. The summed E-state index contributed by atoms with van der Waals surface area (Å²) in [6.45, 7) is 4.31. The molecule has 0 fully saturated rings. The summed E-state index contributed by atoms with van der Waals surface area (Å²) in [6, 6.07) is 0. The van der Waals surface area contributed by atoms with Gasteiger partial charge in [0.25, 0.3) is 0 Å². The van der Waals surface area contributed by atoms with Gasteiger partial charge < -0.3 is 14.6 Å². The molecule has 0 unspecified atom stereocenters. The van der Waals surface area contributed by atoms with E-state index < -0.39 is 0 Å². The normalized spacial score (nSPS) is 12.7. The predicted octanol–water partition coefficient (Wildman–Crippen LogP) is 1.32. The molecule has 0 aromatic rings. The van der Waals surface area contributed by atoms with E-state index in [1.807, 2.05) is 19.9 Å². The van der Waals surface area contributed by atoms with Crippen LogP contribution in [0.1, 0.15) is 20.3 Å². The van der Waals surface area contributed by atoms with Crippen LogP contribution in [0, 0.1) is 0 Å². The molecule has 0 aliphatic carbocycles. The minimum Gasteiger partial charge on any atom is -0.394 e. The van der Waals surface area contributed by atoms with E-state index in [2.05, 4.69) is 0 Å². The standard InChI is InChI=1S/C9H18O3/c1-8(2)4-5-9(6-10)12-7-11-3/h4,9-10H,5-7H2,1-3H3/t9-/m1/s1. The van der Waals surface area contributed by atoms with Crippen LogP contribution in [0.2, 0.25) is 0 Å². The molecule has 3 heteroatoms. The molecule has 12 heavy (non-hydrogen) atoms. The van der Waals surface area contributed by atoms with Crippen molar-refractivity contribution in [2.45, 2.75) is 26.4 Å². The zero-order valence-corrected chi connectivity index (χ0v) is 8.04. The number of methoxy groups -OCH3 is 1. The van der Waals surface area contributed by atoms with Gasteiger partial charge in [-0.3, -0.25) is 0 Å². The van der Waals surface area contributed by atoms with E-state index in [4.69, 9.17) is 14.6 Å². The first kappa shape index (κ1) is 11.6. The summed E-state index contributed by atoms with van der Waals surface area (Å²) >= 11 is 0. The molecule has 0 aliphatic rings. The summed E-state index contributed by atoms with van der Waals surface area (Å²) in [4.78, 5) is 0. The van der Waals surface area contributed by atoms with Gasteiger partial charge in [-0.05, 0) is 20.3 Å². The van der Waals surface area contributed by atoms with Gasteiger partial charge in [-0.15, -0.1) is 0 Å². The molecule has 0 saturated heterocycles. The SMILES string of the molecule is COCO[C@@H](CO)CC=C(C)C. The van der Waals surface area contributed by atoms with Gasteiger partial charge in [-0.2, -0.15) is 0 Å². The highest BCUT2D eigenvalue weighted by Crippen LogP contribution is 2.02. The van der Waals surface area contributed by atoms with Gasteiger partial charge in [-0.25, -0.2) is 0 Å². The van der Waals surface area contributed by atoms with Gasteiger partial charge >= 0.3 is 0 Å². The molecule has 1 atom stereocenters. The van der Waals surface area contributed by atoms with Crippen molar-refractivity contribution in [3.63, 3.8) is 0 Å². The smallest absolute Gasteiger partial charge is 0.146 e. The third-order valence-corrected chi connectivity index (χ3v) is 1.41. The maximum Gasteiger partial charge on any atom is 0.146 e. The first-order valence-corrected chi connectivity index (χ1v) is 4.05. The van der Waals surface area contributed by atoms with Gasteiger partial charge in [0.15, 0.2) is 0 Å². The van der Waals surface area contributed by atoms with Gasteiger partial charge in [0.1, 0.15) is 6.79 Å². The fraction of sp³-hybridized carbons (Fsp3) is 0.778. The van der Waals surface area contributed by atoms with Crippen LogP contribution in [0.3, 0.4) is 0 Å². The van der Waals surface area contributed by atoms with Gasteiger partial charge in [0.2, 0.25) is 0 Å². The Labute approximate surface area is 74.0 Å². The number of ether oxygens (including phenoxy) is 2. The van der Waals surface area contributed by atoms with Crippen molar-refractivity contribution in [1.29, 1.82) is 0 Å². The van der Waals surface area contributed by atoms with Crippen LogP contribution in [0.5, 0.6) is 0 Å². The first-order chi connectivity index (χ1) is 5.70. The van der Waals surface area contributed by atoms with E-state index in [-0.39, 0.29) is 19.5 Å². The highest BCUT2D eigenvalue weighted by Gasteiger charge is 2.04. The summed E-state index contributed by atoms with van der Waals surface area (Å²) in [5.74, 6) is 0. The number of hydrogen-bond acceptors (Lipinski definition) is 3. The monoisotopic (exact) mass is 174 g/mol. The van der Waals surface area contributed by atoms with Crippen molar-refractivity contribution in [3.05, 3.63) is 11.6 Å². The van der Waals surface area contributed by atoms with Crippen molar-refractivity contribution >= 4 is 0 Å². The number of aliphatic hydroxyl groups excluding tert-OH is 1. The molecule has 0 radical (unpaired) electrons. The Morgan fingerprint density at radius 1 is 1.50 bits per heavy atom. The molecule has 0 amide bonds. The van der Waals surface area contributed by atoms with E-state index in [1.54, 1.807) is 7.11 Å². The Bertz CT molecular complexity index is 128. The average molecular weight is 174 g/mol. The molecule has 0 bridgehead atoms. The van der Waals surface area contributed by atoms with Crippen LogP contribution < -0.4 is 0 Å². The van der Waals surface area contributed by atoms with Crippen LogP contribution in [0.4, 0.5) is 0 Å². The molecule has 1 N–H and O–H groups in total. The highest BCUT2D eigenvalue weighted by atomic mass is 16.7. The second-order valence-electron chi connectivity index (χ2n) is 2.89. The Morgan fingerprint density at radius 2 is 2.17 bits per heavy atom. The molecular formula is C9H18O3. The van der Waals surface area contributed by atoms with Gasteiger partial charge in [0.05, 0.1) is 12.7 Å². The molecule has 3 nitrogen and oxygen atoms in total. The molecule has 0 rings (SSSR count). The van der Waals surface area contributed by atoms with Crippen LogP contribution in [0.15, 0.2) is 11.6 Å². The Kier molecular flexibility index (Phi) is 7.05. The van der Waals surface area contributed by atoms with Crippen LogP contribution in [-0.2, 0) is 9.47 Å². The maximum absolute atomic E-state index is 8.86. The van der Waals surface area contributed by atoms with E-state index >= 15 is 0 Å². The zero-order valence-electron chi connectivity index (χ0n) is 8.04. The van der Waals surface area contributed by atoms with Crippen LogP contribution >= 0.6 is 0 Å². The van der Waals surface area contributed by atoms with Crippen molar-refractivity contribution in [1.82, 2.24) is 0 Å². The molecule has 0 saturated carbocycles. The molecular weight excluding hydrogens is 156 g/mol. The van der Waals surface area contributed by atoms with E-state index in [0.29, 0.717) is 0 Å². The van der Waals surface area contributed by atoms with E-state index in [1.165, 1.54) is 5.57 Å². The second kappa shape index (κ2) is 7.28. The third-order valence-electron chi connectivity index (χ3n) is 1.41. The van der Waals surface area contributed by atoms with Crippen molar-refractivity contribution in [3.8, 4) is 0 Å². The fourth-order valence-corrected chi connectivity index (χ4v) is 0.727. The molecule has 0 spiro atoms. The Hall–Kier alpha value is -0.380. The third kappa shape index (κ3) is 6.34. The number of aliphatic hydroxyl groups is 1. The molecule has 0 aromatic heterocycles. The Balaban J connectivity index is 3.60. The van der Waals surface area contributed by atoms with E-state index in [9.17, 15) is 0 Å². The second-order valence-corrected chi connectivity index (χ2v) is 2.89. The minimum absolute atomic E-state index is 0.0349. The maximum atomic E-state index is 8.86. The summed E-state index contributed by atoms with van der Waals surface area (Å²) < 4.78 is 9.90. The number of allylic oxidation sites excluding steroid dienone is 1. The first-order valence-electron chi connectivity index (χ1n) is 4.05. The predicted molar refractivity (Wildman–Crippen MR) is 47.9 cm³/mol. The van der Waals surface area contributed by atoms with Crippen molar-refractivity contribution in [2.75, 3.05) is 20.5 Å². The largest absolute Gasteiger partial charge is 0.394 e. The Morgan fingerprint density at radius 3 is 2.58 bits per heavy atom. The van der Waals surface area contributed by atoms with Crippen LogP contribution in [-0.4, -0.2) is 31.7 Å². The van der Waals surface area contributed by atoms with Crippen molar-refractivity contribution in [2.24, 2.45) is 0 Å². The minimum atomic E-state index is -0.139. The van der Waals surface area contributed by atoms with Gasteiger partial charge in [0, 0.05) is 7.11 Å². The highest BCUT2D eigenvalue weighted by molar-refractivity contribution is 4.94. The number of rotatable bonds is 6. The summed E-state index contributed by atoms with van der Waals surface area (Å²) in [7, 11) is 1.56.